The van der Waals surface area contributed by atoms with Gasteiger partial charge in [0, 0.05) is 16.7 Å². The van der Waals surface area contributed by atoms with E-state index in [-0.39, 0.29) is 16.8 Å². The number of hydrogen-bond donors (Lipinski definition) is 1. The normalized spacial score (nSPS) is 10.9. The Balaban J connectivity index is 2.36. The molecule has 3 aromatic rings. The number of fused-ring (bicyclic) bond motifs is 1. The lowest BCUT2D eigenvalue weighted by molar-refractivity contribution is 0.0697. The summed E-state index contributed by atoms with van der Waals surface area (Å²) in [5.74, 6) is -0.853. The van der Waals surface area contributed by atoms with Gasteiger partial charge in [0.05, 0.1) is 10.9 Å². The summed E-state index contributed by atoms with van der Waals surface area (Å²) in [5, 5.41) is 10.2. The first-order chi connectivity index (χ1) is 10.9. The van der Waals surface area contributed by atoms with Gasteiger partial charge in [0.2, 0.25) is 0 Å². The summed E-state index contributed by atoms with van der Waals surface area (Å²) in [6, 6.07) is 9.41. The largest absolute Gasteiger partial charge is 0.478 e. The minimum absolute atomic E-state index is 0.0809. The smallest absolute Gasteiger partial charge is 0.336 e. The van der Waals surface area contributed by atoms with Gasteiger partial charge < -0.3 is 9.52 Å². The summed E-state index contributed by atoms with van der Waals surface area (Å²) in [5.41, 5.74) is 2.05. The maximum Gasteiger partial charge on any atom is 0.336 e. The molecule has 0 spiro atoms. The van der Waals surface area contributed by atoms with Crippen molar-refractivity contribution in [1.82, 2.24) is 0 Å². The fourth-order valence-corrected chi connectivity index (χ4v) is 2.81. The molecule has 0 bridgehead atoms. The number of carbonyl (C=O) groups is 1. The molecular weight excluding hydrogens is 316 g/mol. The Morgan fingerprint density at radius 3 is 2.57 bits per heavy atom. The first-order valence-corrected chi connectivity index (χ1v) is 7.34. The zero-order valence-corrected chi connectivity index (χ0v) is 13.3. The van der Waals surface area contributed by atoms with Crippen molar-refractivity contribution in [3.63, 3.8) is 0 Å². The van der Waals surface area contributed by atoms with Crippen LogP contribution in [0.1, 0.15) is 21.5 Å². The van der Waals surface area contributed by atoms with Crippen LogP contribution in [0.3, 0.4) is 0 Å². The summed E-state index contributed by atoms with van der Waals surface area (Å²) in [4.78, 5) is 23.8. The Bertz CT molecular complexity index is 1000. The Morgan fingerprint density at radius 1 is 1.17 bits per heavy atom. The van der Waals surface area contributed by atoms with Gasteiger partial charge in [-0.25, -0.2) is 4.79 Å². The summed E-state index contributed by atoms with van der Waals surface area (Å²) in [7, 11) is 0. The van der Waals surface area contributed by atoms with Crippen LogP contribution in [0.5, 0.6) is 0 Å². The van der Waals surface area contributed by atoms with Crippen LogP contribution in [0.4, 0.5) is 0 Å². The molecule has 3 rings (SSSR count). The quantitative estimate of drug-likeness (QED) is 0.755. The molecular formula is C18H13ClO4. The Kier molecular flexibility index (Phi) is 3.70. The van der Waals surface area contributed by atoms with E-state index in [0.29, 0.717) is 27.1 Å². The maximum atomic E-state index is 12.5. The van der Waals surface area contributed by atoms with E-state index in [1.807, 2.05) is 6.92 Å². The maximum absolute atomic E-state index is 12.5. The highest BCUT2D eigenvalue weighted by atomic mass is 35.5. The number of carboxylic acids is 1. The molecule has 1 heterocycles. The van der Waals surface area contributed by atoms with Crippen LogP contribution >= 0.6 is 11.6 Å². The van der Waals surface area contributed by atoms with Crippen LogP contribution in [-0.2, 0) is 0 Å². The molecule has 2 aromatic carbocycles. The summed E-state index contributed by atoms with van der Waals surface area (Å²) >= 11 is 6.19. The molecule has 1 aromatic heterocycles. The van der Waals surface area contributed by atoms with Crippen molar-refractivity contribution in [2.45, 2.75) is 13.8 Å². The predicted molar refractivity (Wildman–Crippen MR) is 89.4 cm³/mol. The monoisotopic (exact) mass is 328 g/mol. The minimum atomic E-state index is -1.08. The number of halogens is 1. The molecule has 0 aliphatic carbocycles. The van der Waals surface area contributed by atoms with Gasteiger partial charge in [0.15, 0.2) is 5.43 Å². The molecule has 116 valence electrons. The van der Waals surface area contributed by atoms with Crippen molar-refractivity contribution in [1.29, 1.82) is 0 Å². The Hall–Kier alpha value is -2.59. The number of benzene rings is 2. The SMILES string of the molecule is Cc1cc2oc(-c3ccccc3C(=O)O)cc(=O)c2c(C)c1Cl. The van der Waals surface area contributed by atoms with Crippen molar-refractivity contribution < 1.29 is 14.3 Å². The number of hydrogen-bond acceptors (Lipinski definition) is 3. The van der Waals surface area contributed by atoms with Crippen molar-refractivity contribution in [2.75, 3.05) is 0 Å². The molecule has 0 unspecified atom stereocenters. The van der Waals surface area contributed by atoms with Gasteiger partial charge in [-0.15, -0.1) is 0 Å². The van der Waals surface area contributed by atoms with Gasteiger partial charge in [-0.1, -0.05) is 29.8 Å². The van der Waals surface area contributed by atoms with Crippen LogP contribution < -0.4 is 5.43 Å². The first-order valence-electron chi connectivity index (χ1n) is 6.96. The minimum Gasteiger partial charge on any atom is -0.478 e. The molecule has 0 amide bonds. The van der Waals surface area contributed by atoms with E-state index in [1.165, 1.54) is 12.1 Å². The molecule has 0 radical (unpaired) electrons. The fraction of sp³-hybridized carbons (Fsp3) is 0.111. The molecule has 5 heteroatoms. The topological polar surface area (TPSA) is 67.5 Å². The molecule has 4 nitrogen and oxygen atoms in total. The van der Waals surface area contributed by atoms with Crippen molar-refractivity contribution in [2.24, 2.45) is 0 Å². The van der Waals surface area contributed by atoms with Crippen LogP contribution in [0.2, 0.25) is 5.02 Å². The second-order valence-electron chi connectivity index (χ2n) is 5.33. The number of rotatable bonds is 2. The van der Waals surface area contributed by atoms with Gasteiger partial charge in [-0.05, 0) is 37.1 Å². The van der Waals surface area contributed by atoms with E-state index >= 15 is 0 Å². The fourth-order valence-electron chi connectivity index (χ4n) is 2.67. The van der Waals surface area contributed by atoms with Gasteiger partial charge >= 0.3 is 5.97 Å². The van der Waals surface area contributed by atoms with Gasteiger partial charge in [-0.3, -0.25) is 4.79 Å². The first kappa shape index (κ1) is 15.3. The highest BCUT2D eigenvalue weighted by Gasteiger charge is 2.17. The highest BCUT2D eigenvalue weighted by molar-refractivity contribution is 6.33. The molecule has 1 N–H and O–H groups in total. The second-order valence-corrected chi connectivity index (χ2v) is 5.71. The molecule has 0 saturated carbocycles. The van der Waals surface area contributed by atoms with E-state index in [2.05, 4.69) is 0 Å². The Labute approximate surface area is 136 Å². The van der Waals surface area contributed by atoms with E-state index < -0.39 is 5.97 Å². The van der Waals surface area contributed by atoms with Crippen molar-refractivity contribution >= 4 is 28.5 Å². The van der Waals surface area contributed by atoms with Crippen LogP contribution in [0.25, 0.3) is 22.3 Å². The Morgan fingerprint density at radius 2 is 1.87 bits per heavy atom. The molecule has 0 aliphatic rings. The zero-order chi connectivity index (χ0) is 16.7. The average Bonchev–Trinajstić information content (AvgIpc) is 2.52. The summed E-state index contributed by atoms with van der Waals surface area (Å²) < 4.78 is 5.81. The second kappa shape index (κ2) is 5.56. The lowest BCUT2D eigenvalue weighted by atomic mass is 10.0. The molecule has 23 heavy (non-hydrogen) atoms. The van der Waals surface area contributed by atoms with Crippen LogP contribution in [0.15, 0.2) is 45.6 Å². The van der Waals surface area contributed by atoms with Crippen LogP contribution in [0, 0.1) is 13.8 Å². The van der Waals surface area contributed by atoms with Crippen molar-refractivity contribution in [3.8, 4) is 11.3 Å². The molecule has 0 atom stereocenters. The number of aromatic carboxylic acids is 1. The summed E-state index contributed by atoms with van der Waals surface area (Å²) in [6.07, 6.45) is 0. The van der Waals surface area contributed by atoms with E-state index in [0.717, 1.165) is 5.56 Å². The summed E-state index contributed by atoms with van der Waals surface area (Å²) in [6.45, 7) is 3.59. The van der Waals surface area contributed by atoms with Gasteiger partial charge in [0.1, 0.15) is 11.3 Å². The lowest BCUT2D eigenvalue weighted by Gasteiger charge is -2.10. The third kappa shape index (κ3) is 2.51. The van der Waals surface area contributed by atoms with Gasteiger partial charge in [-0.2, -0.15) is 0 Å². The van der Waals surface area contributed by atoms with Crippen LogP contribution in [-0.4, -0.2) is 11.1 Å². The molecule has 0 fully saturated rings. The van der Waals surface area contributed by atoms with Crippen molar-refractivity contribution in [3.05, 3.63) is 68.3 Å². The third-order valence-corrected chi connectivity index (χ3v) is 4.38. The number of carboxylic acid groups (broad SMARTS) is 1. The van der Waals surface area contributed by atoms with E-state index in [1.54, 1.807) is 31.2 Å². The number of aryl methyl sites for hydroxylation is 2. The highest BCUT2D eigenvalue weighted by Crippen LogP contribution is 2.30. The standard InChI is InChI=1S/C18H13ClO4/c1-9-7-15-16(10(2)17(9)19)13(20)8-14(23-15)11-5-3-4-6-12(11)18(21)22/h3-8H,1-2H3,(H,21,22). The zero-order valence-electron chi connectivity index (χ0n) is 12.5. The van der Waals surface area contributed by atoms with E-state index in [9.17, 15) is 14.7 Å². The third-order valence-electron chi connectivity index (χ3n) is 3.80. The molecule has 0 saturated heterocycles. The van der Waals surface area contributed by atoms with E-state index in [4.69, 9.17) is 16.0 Å². The lowest BCUT2D eigenvalue weighted by Crippen LogP contribution is -2.05. The average molecular weight is 329 g/mol. The molecule has 0 aliphatic heterocycles. The van der Waals surface area contributed by atoms with Gasteiger partial charge in [0.25, 0.3) is 0 Å². The predicted octanol–water partition coefficient (Wildman–Crippen LogP) is 4.43.